The molecule has 2 N–H and O–H groups in total. The number of aromatic nitrogens is 2. The van der Waals surface area contributed by atoms with Crippen LogP contribution in [0, 0.1) is 0 Å². The summed E-state index contributed by atoms with van der Waals surface area (Å²) in [7, 11) is 1.66. The highest BCUT2D eigenvalue weighted by atomic mass is 16.2. The summed E-state index contributed by atoms with van der Waals surface area (Å²) in [5.41, 5.74) is 1.85. The Kier molecular flexibility index (Phi) is 5.64. The smallest absolute Gasteiger partial charge is 0.274 e. The van der Waals surface area contributed by atoms with E-state index in [9.17, 15) is 14.4 Å². The Labute approximate surface area is 162 Å². The van der Waals surface area contributed by atoms with E-state index in [1.807, 2.05) is 31.2 Å². The van der Waals surface area contributed by atoms with Gasteiger partial charge in [0.05, 0.1) is 6.04 Å². The molecule has 142 valence electrons. The van der Waals surface area contributed by atoms with Gasteiger partial charge >= 0.3 is 0 Å². The zero-order valence-electron chi connectivity index (χ0n) is 15.5. The zero-order valence-corrected chi connectivity index (χ0v) is 15.5. The van der Waals surface area contributed by atoms with E-state index < -0.39 is 0 Å². The highest BCUT2D eigenvalue weighted by Gasteiger charge is 2.20. The van der Waals surface area contributed by atoms with Crippen LogP contribution in [0.1, 0.15) is 39.4 Å². The number of H-pyrrole nitrogens is 1. The second-order valence-corrected chi connectivity index (χ2v) is 6.34. The van der Waals surface area contributed by atoms with E-state index in [1.165, 1.54) is 17.0 Å². The van der Waals surface area contributed by atoms with Crippen molar-refractivity contribution in [1.29, 1.82) is 0 Å². The van der Waals surface area contributed by atoms with Crippen molar-refractivity contribution in [3.8, 4) is 0 Å². The number of nitrogens with zero attached hydrogens (tertiary/aromatic N) is 2. The van der Waals surface area contributed by atoms with Gasteiger partial charge in [0, 0.05) is 24.4 Å². The Balaban J connectivity index is 1.75. The fourth-order valence-corrected chi connectivity index (χ4v) is 2.71. The van der Waals surface area contributed by atoms with Crippen LogP contribution < -0.4 is 10.9 Å². The van der Waals surface area contributed by atoms with Crippen molar-refractivity contribution in [3.63, 3.8) is 0 Å². The summed E-state index contributed by atoms with van der Waals surface area (Å²) in [4.78, 5) is 37.6. The van der Waals surface area contributed by atoms with Gasteiger partial charge in [-0.05, 0) is 42.8 Å². The van der Waals surface area contributed by atoms with Gasteiger partial charge in [0.1, 0.15) is 5.69 Å². The van der Waals surface area contributed by atoms with Crippen LogP contribution in [0.4, 0.5) is 5.69 Å². The normalized spacial score (nSPS) is 11.5. The minimum atomic E-state index is -0.367. The molecule has 7 heteroatoms. The second-order valence-electron chi connectivity index (χ2n) is 6.34. The molecule has 0 saturated carbocycles. The van der Waals surface area contributed by atoms with E-state index >= 15 is 0 Å². The summed E-state index contributed by atoms with van der Waals surface area (Å²) >= 11 is 0. The summed E-state index contributed by atoms with van der Waals surface area (Å²) in [5, 5.41) is 8.91. The molecule has 3 rings (SSSR count). The molecular weight excluding hydrogens is 356 g/mol. The van der Waals surface area contributed by atoms with Gasteiger partial charge < -0.3 is 10.2 Å². The number of carbonyl (C=O) groups is 2. The fraction of sp³-hybridized carbons (Fsp3) is 0.143. The number of anilines is 1. The van der Waals surface area contributed by atoms with Crippen LogP contribution in [0.15, 0.2) is 71.5 Å². The molecule has 3 aromatic rings. The number of carbonyl (C=O) groups excluding carboxylic acids is 2. The van der Waals surface area contributed by atoms with Crippen LogP contribution in [0.3, 0.4) is 0 Å². The molecule has 2 aromatic carbocycles. The first-order valence-corrected chi connectivity index (χ1v) is 8.75. The average Bonchev–Trinajstić information content (AvgIpc) is 2.73. The van der Waals surface area contributed by atoms with Crippen LogP contribution >= 0.6 is 0 Å². The highest BCUT2D eigenvalue weighted by Crippen LogP contribution is 2.23. The molecule has 0 radical (unpaired) electrons. The summed E-state index contributed by atoms with van der Waals surface area (Å²) in [6.45, 7) is 1.88. The molecule has 0 aliphatic heterocycles. The Morgan fingerprint density at radius 3 is 2.46 bits per heavy atom. The number of rotatable bonds is 5. The molecule has 0 aliphatic carbocycles. The SMILES string of the molecule is C[C@@H](c1cccc(NC(=O)c2ccccc2)c1)N(C)C(=O)c1ccc(=O)[nH]n1. The predicted molar refractivity (Wildman–Crippen MR) is 106 cm³/mol. The topological polar surface area (TPSA) is 95.2 Å². The van der Waals surface area contributed by atoms with Crippen molar-refractivity contribution in [2.75, 3.05) is 12.4 Å². The van der Waals surface area contributed by atoms with Crippen molar-refractivity contribution in [2.45, 2.75) is 13.0 Å². The minimum Gasteiger partial charge on any atom is -0.334 e. The first-order chi connectivity index (χ1) is 13.5. The molecule has 0 bridgehead atoms. The van der Waals surface area contributed by atoms with E-state index in [1.54, 1.807) is 37.4 Å². The lowest BCUT2D eigenvalue weighted by molar-refractivity contribution is 0.0735. The maximum atomic E-state index is 12.6. The number of aromatic amines is 1. The van der Waals surface area contributed by atoms with Gasteiger partial charge in [-0.15, -0.1) is 0 Å². The third kappa shape index (κ3) is 4.32. The molecule has 1 atom stereocenters. The lowest BCUT2D eigenvalue weighted by Gasteiger charge is -2.25. The first kappa shape index (κ1) is 19.0. The van der Waals surface area contributed by atoms with Crippen molar-refractivity contribution in [2.24, 2.45) is 0 Å². The molecule has 0 aliphatic rings. The van der Waals surface area contributed by atoms with Crippen LogP contribution in [-0.2, 0) is 0 Å². The number of nitrogens with one attached hydrogen (secondary N) is 2. The molecule has 0 fully saturated rings. The first-order valence-electron chi connectivity index (χ1n) is 8.75. The Bertz CT molecular complexity index is 1030. The van der Waals surface area contributed by atoms with Gasteiger partial charge in [-0.1, -0.05) is 30.3 Å². The van der Waals surface area contributed by atoms with E-state index in [0.29, 0.717) is 11.3 Å². The number of amides is 2. The van der Waals surface area contributed by atoms with E-state index in [0.717, 1.165) is 5.56 Å². The molecule has 7 nitrogen and oxygen atoms in total. The quantitative estimate of drug-likeness (QED) is 0.716. The number of hydrogen-bond acceptors (Lipinski definition) is 4. The van der Waals surface area contributed by atoms with Crippen molar-refractivity contribution >= 4 is 17.5 Å². The van der Waals surface area contributed by atoms with E-state index in [4.69, 9.17) is 0 Å². The average molecular weight is 376 g/mol. The highest BCUT2D eigenvalue weighted by molar-refractivity contribution is 6.04. The number of benzene rings is 2. The third-order valence-corrected chi connectivity index (χ3v) is 4.46. The van der Waals surface area contributed by atoms with Gasteiger partial charge in [-0.25, -0.2) is 5.10 Å². The Morgan fingerprint density at radius 1 is 1.04 bits per heavy atom. The maximum Gasteiger partial charge on any atom is 0.274 e. The standard InChI is InChI=1S/C21H20N4O3/c1-14(25(2)21(28)18-11-12-19(26)24-23-18)16-9-6-10-17(13-16)22-20(27)15-7-4-3-5-8-15/h3-14H,1-2H3,(H,22,27)(H,24,26)/t14-/m0/s1. The predicted octanol–water partition coefficient (Wildman–Crippen LogP) is 2.86. The summed E-state index contributed by atoms with van der Waals surface area (Å²) in [5.74, 6) is -0.519. The van der Waals surface area contributed by atoms with Crippen LogP contribution in [0.25, 0.3) is 0 Å². The van der Waals surface area contributed by atoms with Gasteiger partial charge in [-0.2, -0.15) is 5.10 Å². The molecule has 0 unspecified atom stereocenters. The molecular formula is C21H20N4O3. The van der Waals surface area contributed by atoms with Crippen molar-refractivity contribution < 1.29 is 9.59 Å². The van der Waals surface area contributed by atoms with E-state index in [-0.39, 0.29) is 29.1 Å². The monoisotopic (exact) mass is 376 g/mol. The lowest BCUT2D eigenvalue weighted by atomic mass is 10.1. The molecule has 0 spiro atoms. The van der Waals surface area contributed by atoms with Crippen LogP contribution in [0.5, 0.6) is 0 Å². The lowest BCUT2D eigenvalue weighted by Crippen LogP contribution is -2.31. The van der Waals surface area contributed by atoms with Crippen molar-refractivity contribution in [1.82, 2.24) is 15.1 Å². The minimum absolute atomic E-state index is 0.155. The molecule has 1 heterocycles. The fourth-order valence-electron chi connectivity index (χ4n) is 2.71. The molecule has 2 amide bonds. The van der Waals surface area contributed by atoms with Gasteiger partial charge in [0.25, 0.3) is 17.4 Å². The summed E-state index contributed by atoms with van der Waals surface area (Å²) in [6, 6.07) is 18.7. The largest absolute Gasteiger partial charge is 0.334 e. The third-order valence-electron chi connectivity index (χ3n) is 4.46. The number of hydrogen-bond donors (Lipinski definition) is 2. The summed E-state index contributed by atoms with van der Waals surface area (Å²) < 4.78 is 0. The zero-order chi connectivity index (χ0) is 20.1. The Hall–Kier alpha value is -3.74. The second kappa shape index (κ2) is 8.30. The maximum absolute atomic E-state index is 12.6. The molecule has 1 aromatic heterocycles. The van der Waals surface area contributed by atoms with E-state index in [2.05, 4.69) is 15.5 Å². The van der Waals surface area contributed by atoms with Crippen LogP contribution in [-0.4, -0.2) is 34.0 Å². The van der Waals surface area contributed by atoms with Crippen molar-refractivity contribution in [3.05, 3.63) is 93.9 Å². The van der Waals surface area contributed by atoms with Gasteiger partial charge in [-0.3, -0.25) is 14.4 Å². The molecule has 0 saturated heterocycles. The summed E-state index contributed by atoms with van der Waals surface area (Å²) in [6.07, 6.45) is 0. The van der Waals surface area contributed by atoms with Gasteiger partial charge in [0.15, 0.2) is 0 Å². The van der Waals surface area contributed by atoms with Gasteiger partial charge in [0.2, 0.25) is 0 Å². The Morgan fingerprint density at radius 2 is 1.79 bits per heavy atom. The van der Waals surface area contributed by atoms with Crippen LogP contribution in [0.2, 0.25) is 0 Å². The molecule has 28 heavy (non-hydrogen) atoms.